The van der Waals surface area contributed by atoms with E-state index >= 15 is 0 Å². The Bertz CT molecular complexity index is 695. The summed E-state index contributed by atoms with van der Waals surface area (Å²) in [6.45, 7) is 1.61. The molecule has 1 amide bonds. The number of amides is 1. The van der Waals surface area contributed by atoms with E-state index in [9.17, 15) is 14.9 Å². The molecule has 0 saturated heterocycles. The third-order valence-corrected chi connectivity index (χ3v) is 3.03. The molecule has 2 rings (SSSR count). The Morgan fingerprint density at radius 3 is 2.76 bits per heavy atom. The summed E-state index contributed by atoms with van der Waals surface area (Å²) >= 11 is 0. The summed E-state index contributed by atoms with van der Waals surface area (Å²) in [5, 5.41) is 17.3. The zero-order valence-electron chi connectivity index (χ0n) is 11.6. The second-order valence-electron chi connectivity index (χ2n) is 4.67. The molecule has 0 aliphatic rings. The molecule has 1 aromatic heterocycles. The SMILES string of the molecule is Cc1cc(NC(=O)C(N)c2cnn(C)c2)ccc1[N+](=O)[O-]. The molecule has 0 radical (unpaired) electrons. The van der Waals surface area contributed by atoms with E-state index in [-0.39, 0.29) is 5.69 Å². The molecular weight excluding hydrogens is 274 g/mol. The molecule has 0 spiro atoms. The van der Waals surface area contributed by atoms with Crippen molar-refractivity contribution in [2.24, 2.45) is 12.8 Å². The highest BCUT2D eigenvalue weighted by Gasteiger charge is 2.18. The maximum absolute atomic E-state index is 12.0. The molecule has 8 heteroatoms. The predicted octanol–water partition coefficient (Wildman–Crippen LogP) is 1.28. The lowest BCUT2D eigenvalue weighted by Gasteiger charge is -2.11. The van der Waals surface area contributed by atoms with E-state index in [0.717, 1.165) is 0 Å². The van der Waals surface area contributed by atoms with Gasteiger partial charge in [0.15, 0.2) is 0 Å². The molecule has 1 heterocycles. The number of nitrogens with two attached hydrogens (primary N) is 1. The number of carbonyl (C=O) groups is 1. The normalized spacial score (nSPS) is 12.0. The van der Waals surface area contributed by atoms with E-state index in [1.165, 1.54) is 24.4 Å². The zero-order valence-corrected chi connectivity index (χ0v) is 11.6. The number of hydrogen-bond donors (Lipinski definition) is 2. The van der Waals surface area contributed by atoms with E-state index in [0.29, 0.717) is 16.8 Å². The topological polar surface area (TPSA) is 116 Å². The largest absolute Gasteiger partial charge is 0.324 e. The maximum atomic E-state index is 12.0. The van der Waals surface area contributed by atoms with Crippen LogP contribution in [-0.4, -0.2) is 20.6 Å². The van der Waals surface area contributed by atoms with Gasteiger partial charge in [-0.25, -0.2) is 0 Å². The van der Waals surface area contributed by atoms with Crippen molar-refractivity contribution >= 4 is 17.3 Å². The summed E-state index contributed by atoms with van der Waals surface area (Å²) in [4.78, 5) is 22.3. The quantitative estimate of drug-likeness (QED) is 0.649. The van der Waals surface area contributed by atoms with Crippen LogP contribution in [0, 0.1) is 17.0 Å². The van der Waals surface area contributed by atoms with E-state index in [4.69, 9.17) is 5.73 Å². The number of carbonyl (C=O) groups excluding carboxylic acids is 1. The van der Waals surface area contributed by atoms with Gasteiger partial charge < -0.3 is 11.1 Å². The molecule has 21 heavy (non-hydrogen) atoms. The number of aromatic nitrogens is 2. The molecule has 0 aliphatic carbocycles. The van der Waals surface area contributed by atoms with Gasteiger partial charge in [-0.3, -0.25) is 19.6 Å². The van der Waals surface area contributed by atoms with Crippen LogP contribution in [0.2, 0.25) is 0 Å². The van der Waals surface area contributed by atoms with Gasteiger partial charge in [0.2, 0.25) is 5.91 Å². The van der Waals surface area contributed by atoms with Crippen molar-refractivity contribution in [3.8, 4) is 0 Å². The molecule has 0 bridgehead atoms. The fraction of sp³-hybridized carbons (Fsp3) is 0.231. The highest BCUT2D eigenvalue weighted by Crippen LogP contribution is 2.22. The fourth-order valence-electron chi connectivity index (χ4n) is 1.91. The molecule has 1 unspecified atom stereocenters. The number of benzene rings is 1. The number of nitro groups is 1. The average Bonchev–Trinajstić information content (AvgIpc) is 2.84. The van der Waals surface area contributed by atoms with Gasteiger partial charge in [-0.05, 0) is 19.1 Å². The Balaban J connectivity index is 2.12. The van der Waals surface area contributed by atoms with Gasteiger partial charge in [0, 0.05) is 36.1 Å². The Labute approximate surface area is 120 Å². The minimum Gasteiger partial charge on any atom is -0.324 e. The first-order valence-corrected chi connectivity index (χ1v) is 6.18. The lowest BCUT2D eigenvalue weighted by atomic mass is 10.1. The van der Waals surface area contributed by atoms with E-state index in [1.807, 2.05) is 0 Å². The third-order valence-electron chi connectivity index (χ3n) is 3.03. The Kier molecular flexibility index (Phi) is 3.99. The number of hydrogen-bond acceptors (Lipinski definition) is 5. The number of anilines is 1. The lowest BCUT2D eigenvalue weighted by Crippen LogP contribution is -2.27. The zero-order chi connectivity index (χ0) is 15.6. The van der Waals surface area contributed by atoms with Crippen molar-refractivity contribution in [1.82, 2.24) is 9.78 Å². The standard InChI is InChI=1S/C13H15N5O3/c1-8-5-10(3-4-11(8)18(20)21)16-13(19)12(14)9-6-15-17(2)7-9/h3-7,12H,14H2,1-2H3,(H,16,19). The summed E-state index contributed by atoms with van der Waals surface area (Å²) in [7, 11) is 1.73. The van der Waals surface area contributed by atoms with Crippen molar-refractivity contribution in [2.45, 2.75) is 13.0 Å². The molecule has 0 saturated carbocycles. The monoisotopic (exact) mass is 289 g/mol. The van der Waals surface area contributed by atoms with Crippen LogP contribution in [0.5, 0.6) is 0 Å². The average molecular weight is 289 g/mol. The summed E-state index contributed by atoms with van der Waals surface area (Å²) in [6, 6.07) is 3.50. The summed E-state index contributed by atoms with van der Waals surface area (Å²) < 4.78 is 1.55. The fourth-order valence-corrected chi connectivity index (χ4v) is 1.91. The highest BCUT2D eigenvalue weighted by atomic mass is 16.6. The molecule has 2 aromatic rings. The minimum absolute atomic E-state index is 0.00422. The summed E-state index contributed by atoms with van der Waals surface area (Å²) in [6.07, 6.45) is 3.18. The van der Waals surface area contributed by atoms with Crippen LogP contribution in [0.15, 0.2) is 30.6 Å². The summed E-state index contributed by atoms with van der Waals surface area (Å²) in [5.41, 5.74) is 7.36. The van der Waals surface area contributed by atoms with E-state index in [1.54, 1.807) is 24.9 Å². The molecule has 8 nitrogen and oxygen atoms in total. The van der Waals surface area contributed by atoms with Crippen LogP contribution in [0.1, 0.15) is 17.2 Å². The van der Waals surface area contributed by atoms with Gasteiger partial charge >= 0.3 is 0 Å². The van der Waals surface area contributed by atoms with Crippen LogP contribution in [0.4, 0.5) is 11.4 Å². The number of rotatable bonds is 4. The van der Waals surface area contributed by atoms with Gasteiger partial charge in [0.1, 0.15) is 6.04 Å². The number of nitrogens with one attached hydrogen (secondary N) is 1. The highest BCUT2D eigenvalue weighted by molar-refractivity contribution is 5.95. The molecule has 110 valence electrons. The van der Waals surface area contributed by atoms with Gasteiger partial charge in [-0.15, -0.1) is 0 Å². The van der Waals surface area contributed by atoms with Gasteiger partial charge in [-0.2, -0.15) is 5.10 Å². The second-order valence-corrected chi connectivity index (χ2v) is 4.67. The van der Waals surface area contributed by atoms with Gasteiger partial charge in [-0.1, -0.05) is 0 Å². The molecule has 1 atom stereocenters. The predicted molar refractivity (Wildman–Crippen MR) is 76.6 cm³/mol. The van der Waals surface area contributed by atoms with Crippen molar-refractivity contribution < 1.29 is 9.72 Å². The Morgan fingerprint density at radius 1 is 1.52 bits per heavy atom. The number of nitro benzene ring substituents is 1. The second kappa shape index (κ2) is 5.71. The van der Waals surface area contributed by atoms with Crippen LogP contribution >= 0.6 is 0 Å². The van der Waals surface area contributed by atoms with Crippen molar-refractivity contribution in [3.63, 3.8) is 0 Å². The van der Waals surface area contributed by atoms with Crippen LogP contribution in [-0.2, 0) is 11.8 Å². The molecular formula is C13H15N5O3. The smallest absolute Gasteiger partial charge is 0.272 e. The third kappa shape index (κ3) is 3.23. The van der Waals surface area contributed by atoms with Crippen LogP contribution in [0.25, 0.3) is 0 Å². The van der Waals surface area contributed by atoms with Crippen molar-refractivity contribution in [2.75, 3.05) is 5.32 Å². The maximum Gasteiger partial charge on any atom is 0.272 e. The van der Waals surface area contributed by atoms with E-state index in [2.05, 4.69) is 10.4 Å². The first-order valence-electron chi connectivity index (χ1n) is 6.18. The van der Waals surface area contributed by atoms with Crippen molar-refractivity contribution in [1.29, 1.82) is 0 Å². The Morgan fingerprint density at radius 2 is 2.24 bits per heavy atom. The van der Waals surface area contributed by atoms with Gasteiger partial charge in [0.25, 0.3) is 5.69 Å². The molecule has 0 fully saturated rings. The number of aryl methyl sites for hydroxylation is 2. The minimum atomic E-state index is -0.853. The number of nitrogens with zero attached hydrogens (tertiary/aromatic N) is 3. The molecule has 0 aliphatic heterocycles. The van der Waals surface area contributed by atoms with Gasteiger partial charge in [0.05, 0.1) is 11.1 Å². The summed E-state index contributed by atoms with van der Waals surface area (Å²) in [5.74, 6) is -0.406. The lowest BCUT2D eigenvalue weighted by molar-refractivity contribution is -0.385. The molecule has 1 aromatic carbocycles. The first-order chi connectivity index (χ1) is 9.88. The molecule has 3 N–H and O–H groups in total. The van der Waals surface area contributed by atoms with Crippen LogP contribution < -0.4 is 11.1 Å². The van der Waals surface area contributed by atoms with Crippen LogP contribution in [0.3, 0.4) is 0 Å². The first kappa shape index (κ1) is 14.7. The van der Waals surface area contributed by atoms with E-state index < -0.39 is 16.9 Å². The Hall–Kier alpha value is -2.74. The van der Waals surface area contributed by atoms with Crippen molar-refractivity contribution in [3.05, 3.63) is 51.8 Å².